The van der Waals surface area contributed by atoms with Gasteiger partial charge in [0.05, 0.1) is 0 Å². The Kier molecular flexibility index (Phi) is 10.3. The Hall–Kier alpha value is -1.07. The Morgan fingerprint density at radius 2 is 1.87 bits per heavy atom. The molecule has 0 amide bonds. The number of carboxylic acid groups (broad SMARTS) is 1. The van der Waals surface area contributed by atoms with Gasteiger partial charge in [-0.3, -0.25) is 0 Å². The number of hydrogen-bond acceptors (Lipinski definition) is 4. The van der Waals surface area contributed by atoms with Crippen LogP contribution < -0.4 is 0 Å². The average Bonchev–Trinajstić information content (AvgIpc) is 2.03. The smallest absolute Gasteiger partial charge is 0.403 e. The zero-order valence-electron chi connectivity index (χ0n) is 9.12. The summed E-state index contributed by atoms with van der Waals surface area (Å²) >= 11 is 4.88. The number of nitrogens with zero attached hydrogens (tertiary/aromatic N) is 1. The van der Waals surface area contributed by atoms with E-state index in [9.17, 15) is 9.59 Å². The summed E-state index contributed by atoms with van der Waals surface area (Å²) in [6.45, 7) is 5.67. The molecule has 0 aromatic carbocycles. The first-order chi connectivity index (χ1) is 6.77. The van der Waals surface area contributed by atoms with Crippen molar-refractivity contribution >= 4 is 23.0 Å². The van der Waals surface area contributed by atoms with E-state index in [1.807, 2.05) is 19.0 Å². The summed E-state index contributed by atoms with van der Waals surface area (Å²) in [4.78, 5) is 21.5. The van der Waals surface area contributed by atoms with Crippen molar-refractivity contribution in [1.29, 1.82) is 0 Å². The number of aliphatic carboxylic acids is 1. The maximum Gasteiger partial charge on any atom is 0.403 e. The molecule has 0 radical (unpaired) electrons. The lowest BCUT2D eigenvalue weighted by Crippen LogP contribution is -2.18. The fourth-order valence-electron chi connectivity index (χ4n) is 0.308. The SMILES string of the molecule is C=C(C)C(=O)O.CN(C)CCOC(=O)Cl. The van der Waals surface area contributed by atoms with Crippen molar-refractivity contribution in [2.45, 2.75) is 6.92 Å². The molecule has 0 aromatic rings. The van der Waals surface area contributed by atoms with Crippen LogP contribution in [0.25, 0.3) is 0 Å². The normalized spacial score (nSPS) is 8.87. The van der Waals surface area contributed by atoms with Crippen molar-refractivity contribution in [2.75, 3.05) is 27.2 Å². The summed E-state index contributed by atoms with van der Waals surface area (Å²) in [5.41, 5.74) is -0.563. The lowest BCUT2D eigenvalue weighted by atomic mass is 10.4. The highest BCUT2D eigenvalue weighted by molar-refractivity contribution is 6.61. The van der Waals surface area contributed by atoms with Crippen molar-refractivity contribution in [3.05, 3.63) is 12.2 Å². The van der Waals surface area contributed by atoms with Crippen LogP contribution in [-0.4, -0.2) is 48.7 Å². The molecule has 0 saturated carbocycles. The Morgan fingerprint density at radius 3 is 2.07 bits per heavy atom. The van der Waals surface area contributed by atoms with Crippen LogP contribution in [0, 0.1) is 0 Å². The molecule has 5 nitrogen and oxygen atoms in total. The Bertz CT molecular complexity index is 216. The maximum atomic E-state index is 9.95. The molecule has 0 aliphatic rings. The summed E-state index contributed by atoms with van der Waals surface area (Å²) in [5.74, 6) is -0.935. The Balaban J connectivity index is 0. The summed E-state index contributed by atoms with van der Waals surface area (Å²) in [6, 6.07) is 0. The third-order valence-electron chi connectivity index (χ3n) is 1.12. The van der Waals surface area contributed by atoms with Crippen LogP contribution in [0.15, 0.2) is 12.2 Å². The van der Waals surface area contributed by atoms with Gasteiger partial charge in [-0.1, -0.05) is 6.58 Å². The van der Waals surface area contributed by atoms with Crippen LogP contribution in [0.4, 0.5) is 4.79 Å². The van der Waals surface area contributed by atoms with E-state index in [0.29, 0.717) is 13.2 Å². The molecule has 0 bridgehead atoms. The van der Waals surface area contributed by atoms with E-state index in [1.165, 1.54) is 6.92 Å². The highest BCUT2D eigenvalue weighted by Crippen LogP contribution is 1.86. The van der Waals surface area contributed by atoms with Gasteiger partial charge in [0.1, 0.15) is 6.61 Å². The van der Waals surface area contributed by atoms with Gasteiger partial charge in [0.2, 0.25) is 0 Å². The van der Waals surface area contributed by atoms with E-state index in [2.05, 4.69) is 11.3 Å². The highest BCUT2D eigenvalue weighted by Gasteiger charge is 1.94. The molecule has 0 aliphatic carbocycles. The van der Waals surface area contributed by atoms with Crippen molar-refractivity contribution < 1.29 is 19.4 Å². The van der Waals surface area contributed by atoms with Gasteiger partial charge in [0.15, 0.2) is 0 Å². The van der Waals surface area contributed by atoms with Crippen LogP contribution >= 0.6 is 11.6 Å². The predicted octanol–water partition coefficient (Wildman–Crippen LogP) is 1.57. The van der Waals surface area contributed by atoms with Crippen molar-refractivity contribution in [2.24, 2.45) is 0 Å². The summed E-state index contributed by atoms with van der Waals surface area (Å²) in [5, 5.41) is 7.89. The van der Waals surface area contributed by atoms with Crippen molar-refractivity contribution in [3.63, 3.8) is 0 Å². The number of carbonyl (C=O) groups is 2. The largest absolute Gasteiger partial charge is 0.478 e. The second kappa shape index (κ2) is 9.48. The first-order valence-electron chi connectivity index (χ1n) is 4.13. The molecule has 0 aliphatic heterocycles. The molecule has 0 rings (SSSR count). The molecule has 0 atom stereocenters. The number of carbonyl (C=O) groups excluding carboxylic acids is 1. The fraction of sp³-hybridized carbons (Fsp3) is 0.556. The highest BCUT2D eigenvalue weighted by atomic mass is 35.5. The minimum absolute atomic E-state index is 0.176. The Labute approximate surface area is 94.3 Å². The first-order valence-corrected chi connectivity index (χ1v) is 4.51. The summed E-state index contributed by atoms with van der Waals surface area (Å²) in [6.07, 6.45) is 0. The third kappa shape index (κ3) is 19.4. The second-order valence-electron chi connectivity index (χ2n) is 2.97. The van der Waals surface area contributed by atoms with Gasteiger partial charge < -0.3 is 14.7 Å². The molecule has 0 spiro atoms. The maximum absolute atomic E-state index is 9.95. The molecular formula is C9H16ClNO4. The van der Waals surface area contributed by atoms with Gasteiger partial charge in [-0.2, -0.15) is 0 Å². The van der Waals surface area contributed by atoms with Gasteiger partial charge in [-0.25, -0.2) is 9.59 Å². The van der Waals surface area contributed by atoms with Gasteiger partial charge in [0.25, 0.3) is 0 Å². The number of halogens is 1. The monoisotopic (exact) mass is 237 g/mol. The zero-order valence-corrected chi connectivity index (χ0v) is 9.87. The van der Waals surface area contributed by atoms with Crippen LogP contribution in [0.5, 0.6) is 0 Å². The van der Waals surface area contributed by atoms with Crippen LogP contribution in [0.1, 0.15) is 6.92 Å². The van der Waals surface area contributed by atoms with Crippen LogP contribution in [0.2, 0.25) is 0 Å². The summed E-state index contributed by atoms with van der Waals surface area (Å²) in [7, 11) is 3.78. The van der Waals surface area contributed by atoms with Gasteiger partial charge in [-0.05, 0) is 21.0 Å². The summed E-state index contributed by atoms with van der Waals surface area (Å²) < 4.78 is 4.44. The van der Waals surface area contributed by atoms with E-state index in [4.69, 9.17) is 16.7 Å². The van der Waals surface area contributed by atoms with E-state index in [-0.39, 0.29) is 5.57 Å². The van der Waals surface area contributed by atoms with E-state index in [1.54, 1.807) is 0 Å². The molecule has 0 aromatic heterocycles. The molecule has 1 N–H and O–H groups in total. The zero-order chi connectivity index (χ0) is 12.4. The molecular weight excluding hydrogens is 222 g/mol. The molecule has 0 saturated heterocycles. The van der Waals surface area contributed by atoms with Gasteiger partial charge >= 0.3 is 11.4 Å². The number of ether oxygens (including phenoxy) is 1. The van der Waals surface area contributed by atoms with Crippen molar-refractivity contribution in [1.82, 2.24) is 4.90 Å². The molecule has 0 heterocycles. The quantitative estimate of drug-likeness (QED) is 0.594. The van der Waals surface area contributed by atoms with Crippen LogP contribution in [0.3, 0.4) is 0 Å². The minimum atomic E-state index is -0.935. The molecule has 88 valence electrons. The average molecular weight is 238 g/mol. The molecule has 6 heteroatoms. The third-order valence-corrected chi connectivity index (χ3v) is 1.23. The van der Waals surface area contributed by atoms with E-state index >= 15 is 0 Å². The second-order valence-corrected chi connectivity index (χ2v) is 3.28. The molecule has 0 fully saturated rings. The van der Waals surface area contributed by atoms with Crippen molar-refractivity contribution in [3.8, 4) is 0 Å². The van der Waals surface area contributed by atoms with Gasteiger partial charge in [-0.15, -0.1) is 0 Å². The minimum Gasteiger partial charge on any atom is -0.478 e. The number of rotatable bonds is 4. The first kappa shape index (κ1) is 16.4. The van der Waals surface area contributed by atoms with Gasteiger partial charge in [0, 0.05) is 23.7 Å². The number of likely N-dealkylation sites (N-methyl/N-ethyl adjacent to an activating group) is 1. The Morgan fingerprint density at radius 1 is 1.47 bits per heavy atom. The van der Waals surface area contributed by atoms with E-state index < -0.39 is 11.4 Å². The standard InChI is InChI=1S/C5H10ClNO2.C4H6O2/c1-7(2)3-4-9-5(6)8;1-3(2)4(5)6/h3-4H2,1-2H3;1H2,2H3,(H,5,6). The number of carboxylic acids is 1. The van der Waals surface area contributed by atoms with E-state index in [0.717, 1.165) is 0 Å². The number of hydrogen-bond donors (Lipinski definition) is 1. The lowest BCUT2D eigenvalue weighted by Gasteiger charge is -2.07. The topological polar surface area (TPSA) is 66.8 Å². The molecule has 0 unspecified atom stereocenters. The molecule has 15 heavy (non-hydrogen) atoms. The predicted molar refractivity (Wildman–Crippen MR) is 58.2 cm³/mol. The lowest BCUT2D eigenvalue weighted by molar-refractivity contribution is -0.132. The fourth-order valence-corrected chi connectivity index (χ4v) is 0.386. The van der Waals surface area contributed by atoms with Crippen LogP contribution in [-0.2, 0) is 9.53 Å².